The zero-order valence-corrected chi connectivity index (χ0v) is 22.3. The van der Waals surface area contributed by atoms with Gasteiger partial charge in [0.1, 0.15) is 5.75 Å². The maximum Gasteiger partial charge on any atom is 0.259 e. The summed E-state index contributed by atoms with van der Waals surface area (Å²) < 4.78 is 33.0. The number of ether oxygens (including phenoxy) is 1. The lowest BCUT2D eigenvalue weighted by molar-refractivity contribution is 0.101. The normalized spacial score (nSPS) is 13.2. The predicted molar refractivity (Wildman–Crippen MR) is 143 cm³/mol. The molecule has 3 aromatic rings. The lowest BCUT2D eigenvalue weighted by Crippen LogP contribution is -2.26. The van der Waals surface area contributed by atoms with Gasteiger partial charge in [0.2, 0.25) is 10.0 Å². The molecule has 0 heterocycles. The fraction of sp³-hybridized carbons (Fsp3) is 0.200. The molecule has 0 spiro atoms. The Labute approximate surface area is 222 Å². The number of anilines is 2. The van der Waals surface area contributed by atoms with Gasteiger partial charge in [-0.05, 0) is 73.0 Å². The summed E-state index contributed by atoms with van der Waals surface area (Å²) in [6.07, 6.45) is 1.32. The summed E-state index contributed by atoms with van der Waals surface area (Å²) in [6.45, 7) is 0.0548. The number of benzene rings is 3. The molecule has 0 atom stereocenters. The van der Waals surface area contributed by atoms with Gasteiger partial charge >= 0.3 is 0 Å². The van der Waals surface area contributed by atoms with Crippen LogP contribution in [0, 0.1) is 0 Å². The van der Waals surface area contributed by atoms with Crippen molar-refractivity contribution in [2.45, 2.75) is 24.6 Å². The summed E-state index contributed by atoms with van der Waals surface area (Å²) in [5.74, 6) is -0.574. The van der Waals surface area contributed by atoms with E-state index in [-0.39, 0.29) is 27.9 Å². The van der Waals surface area contributed by atoms with E-state index >= 15 is 0 Å². The highest BCUT2D eigenvalue weighted by Gasteiger charge is 2.35. The van der Waals surface area contributed by atoms with Crippen LogP contribution in [0.5, 0.6) is 5.75 Å². The van der Waals surface area contributed by atoms with Crippen LogP contribution in [0.25, 0.3) is 0 Å². The van der Waals surface area contributed by atoms with Crippen molar-refractivity contribution >= 4 is 60.7 Å². The number of hydrogen-bond acceptors (Lipinski definition) is 5. The third kappa shape index (κ3) is 6.44. The van der Waals surface area contributed by atoms with Gasteiger partial charge in [-0.3, -0.25) is 9.59 Å². The van der Waals surface area contributed by atoms with Gasteiger partial charge in [0, 0.05) is 22.4 Å². The van der Waals surface area contributed by atoms with E-state index in [0.29, 0.717) is 35.5 Å². The molecule has 0 unspecified atom stereocenters. The van der Waals surface area contributed by atoms with E-state index < -0.39 is 21.8 Å². The highest BCUT2D eigenvalue weighted by Crippen LogP contribution is 2.28. The number of halogens is 2. The Hall–Kier alpha value is -2.92. The number of rotatable bonds is 9. The Bertz CT molecular complexity index is 1410. The number of methoxy groups -OCH3 is 1. The fourth-order valence-corrected chi connectivity index (χ4v) is 5.26. The summed E-state index contributed by atoms with van der Waals surface area (Å²) in [7, 11) is -1.91. The third-order valence-corrected chi connectivity index (χ3v) is 8.27. The van der Waals surface area contributed by atoms with Crippen LogP contribution in [0.1, 0.15) is 39.1 Å². The second kappa shape index (κ2) is 11.0. The van der Waals surface area contributed by atoms with E-state index in [0.717, 1.165) is 4.47 Å². The number of amides is 2. The molecule has 0 aromatic heterocycles. The predicted octanol–water partition coefficient (Wildman–Crippen LogP) is 5.20. The highest BCUT2D eigenvalue weighted by molar-refractivity contribution is 9.10. The Morgan fingerprint density at radius 2 is 1.58 bits per heavy atom. The smallest absolute Gasteiger partial charge is 0.259 e. The summed E-state index contributed by atoms with van der Waals surface area (Å²) in [5, 5.41) is 5.41. The minimum Gasteiger partial charge on any atom is -0.496 e. The van der Waals surface area contributed by atoms with Crippen molar-refractivity contribution in [3.05, 3.63) is 86.8 Å². The standard InChI is InChI=1S/C25H23BrClN3O5S/c1-35-23-11-7-18(13-21(23)25(32)29-17-5-3-16(26)4-6-17)30-24(31)20-12-15(2-10-22(20)27)14-28-36(33,34)19-8-9-19/h2-7,10-13,19,28H,8-9,14H2,1H3,(H,29,32)(H,30,31). The second-order valence-electron chi connectivity index (χ2n) is 8.21. The largest absolute Gasteiger partial charge is 0.496 e. The monoisotopic (exact) mass is 591 g/mol. The van der Waals surface area contributed by atoms with Crippen molar-refractivity contribution in [1.29, 1.82) is 0 Å². The lowest BCUT2D eigenvalue weighted by atomic mass is 10.1. The van der Waals surface area contributed by atoms with Gasteiger partial charge in [0.25, 0.3) is 11.8 Å². The van der Waals surface area contributed by atoms with Crippen molar-refractivity contribution in [1.82, 2.24) is 4.72 Å². The first kappa shape index (κ1) is 26.2. The molecular weight excluding hydrogens is 570 g/mol. The van der Waals surface area contributed by atoms with Crippen molar-refractivity contribution in [2.24, 2.45) is 0 Å². The van der Waals surface area contributed by atoms with Gasteiger partial charge < -0.3 is 15.4 Å². The molecule has 1 fully saturated rings. The fourth-order valence-electron chi connectivity index (χ4n) is 3.43. The van der Waals surface area contributed by atoms with E-state index in [1.807, 2.05) is 0 Å². The molecule has 11 heteroatoms. The third-order valence-electron chi connectivity index (χ3n) is 5.52. The van der Waals surface area contributed by atoms with Gasteiger partial charge in [0.05, 0.1) is 28.5 Å². The minimum atomic E-state index is -3.36. The van der Waals surface area contributed by atoms with Gasteiger partial charge in [-0.15, -0.1) is 0 Å². The summed E-state index contributed by atoms with van der Waals surface area (Å²) in [6, 6.07) is 16.5. The molecule has 4 rings (SSSR count). The number of sulfonamides is 1. The molecule has 0 aliphatic heterocycles. The molecular formula is C25H23BrClN3O5S. The summed E-state index contributed by atoms with van der Waals surface area (Å²) >= 11 is 9.60. The van der Waals surface area contributed by atoms with Crippen LogP contribution < -0.4 is 20.1 Å². The zero-order chi connectivity index (χ0) is 25.9. The maximum atomic E-state index is 13.0. The molecule has 1 aliphatic rings. The topological polar surface area (TPSA) is 114 Å². The molecule has 0 bridgehead atoms. The Morgan fingerprint density at radius 3 is 2.25 bits per heavy atom. The number of carbonyl (C=O) groups is 2. The number of nitrogens with one attached hydrogen (secondary N) is 3. The van der Waals surface area contributed by atoms with Crippen LogP contribution in [0.2, 0.25) is 5.02 Å². The van der Waals surface area contributed by atoms with Crippen LogP contribution in [-0.2, 0) is 16.6 Å². The number of carbonyl (C=O) groups excluding carboxylic acids is 2. The van der Waals surface area contributed by atoms with E-state index in [4.69, 9.17) is 16.3 Å². The summed E-state index contributed by atoms with van der Waals surface area (Å²) in [4.78, 5) is 25.9. The Kier molecular flexibility index (Phi) is 7.99. The Balaban J connectivity index is 1.50. The van der Waals surface area contributed by atoms with Crippen molar-refractivity contribution in [3.63, 3.8) is 0 Å². The minimum absolute atomic E-state index is 0.0548. The molecule has 3 N–H and O–H groups in total. The molecule has 1 aliphatic carbocycles. The molecule has 0 saturated heterocycles. The van der Waals surface area contributed by atoms with Crippen molar-refractivity contribution in [3.8, 4) is 5.75 Å². The average Bonchev–Trinajstić information content (AvgIpc) is 3.71. The SMILES string of the molecule is COc1ccc(NC(=O)c2cc(CNS(=O)(=O)C3CC3)ccc2Cl)cc1C(=O)Nc1ccc(Br)cc1. The van der Waals surface area contributed by atoms with Gasteiger partial charge in [-0.1, -0.05) is 33.6 Å². The highest BCUT2D eigenvalue weighted by atomic mass is 79.9. The van der Waals surface area contributed by atoms with Crippen LogP contribution in [-0.4, -0.2) is 32.6 Å². The summed E-state index contributed by atoms with van der Waals surface area (Å²) in [5.41, 5.74) is 1.96. The van der Waals surface area contributed by atoms with Gasteiger partial charge in [-0.2, -0.15) is 0 Å². The van der Waals surface area contributed by atoms with E-state index in [9.17, 15) is 18.0 Å². The van der Waals surface area contributed by atoms with Crippen molar-refractivity contribution < 1.29 is 22.7 Å². The molecule has 36 heavy (non-hydrogen) atoms. The van der Waals surface area contributed by atoms with E-state index in [1.54, 1.807) is 48.5 Å². The van der Waals surface area contributed by atoms with E-state index in [1.165, 1.54) is 19.2 Å². The van der Waals surface area contributed by atoms with Gasteiger partial charge in [-0.25, -0.2) is 13.1 Å². The van der Waals surface area contributed by atoms with Gasteiger partial charge in [0.15, 0.2) is 0 Å². The second-order valence-corrected chi connectivity index (χ2v) is 11.6. The quantitative estimate of drug-likeness (QED) is 0.316. The molecule has 0 radical (unpaired) electrons. The molecule has 2 amide bonds. The Morgan fingerprint density at radius 1 is 0.944 bits per heavy atom. The number of hydrogen-bond donors (Lipinski definition) is 3. The zero-order valence-electron chi connectivity index (χ0n) is 19.2. The van der Waals surface area contributed by atoms with Crippen LogP contribution in [0.15, 0.2) is 65.1 Å². The molecule has 1 saturated carbocycles. The lowest BCUT2D eigenvalue weighted by Gasteiger charge is -2.13. The molecule has 188 valence electrons. The first-order chi connectivity index (χ1) is 17.2. The first-order valence-electron chi connectivity index (χ1n) is 11.0. The average molecular weight is 593 g/mol. The van der Waals surface area contributed by atoms with Crippen LogP contribution in [0.4, 0.5) is 11.4 Å². The van der Waals surface area contributed by atoms with E-state index in [2.05, 4.69) is 31.3 Å². The molecule has 8 nitrogen and oxygen atoms in total. The van der Waals surface area contributed by atoms with Crippen molar-refractivity contribution in [2.75, 3.05) is 17.7 Å². The molecule has 3 aromatic carbocycles. The first-order valence-corrected chi connectivity index (χ1v) is 13.7. The van der Waals surface area contributed by atoms with Crippen LogP contribution in [0.3, 0.4) is 0 Å². The maximum absolute atomic E-state index is 13.0. The van der Waals surface area contributed by atoms with Crippen LogP contribution >= 0.6 is 27.5 Å².